The fourth-order valence-corrected chi connectivity index (χ4v) is 3.49. The van der Waals surface area contributed by atoms with Gasteiger partial charge in [-0.1, -0.05) is 6.07 Å². The Bertz CT molecular complexity index is 670. The Hall–Kier alpha value is -1.92. The van der Waals surface area contributed by atoms with E-state index in [0.717, 1.165) is 6.42 Å². The fraction of sp³-hybridized carbons (Fsp3) is 0.333. The second-order valence-electron chi connectivity index (χ2n) is 5.15. The third kappa shape index (κ3) is 2.77. The molecule has 0 aliphatic carbocycles. The Morgan fingerprint density at radius 2 is 2.38 bits per heavy atom. The van der Waals surface area contributed by atoms with Crippen molar-refractivity contribution in [3.8, 4) is 0 Å². The van der Waals surface area contributed by atoms with Crippen molar-refractivity contribution in [3.05, 3.63) is 45.8 Å². The SMILES string of the molecule is CC1(CNc2cccc(C(=O)O)n2)OCCc2sccc21. The van der Waals surface area contributed by atoms with Crippen LogP contribution in [0.15, 0.2) is 29.6 Å². The van der Waals surface area contributed by atoms with Gasteiger partial charge in [-0.15, -0.1) is 11.3 Å². The van der Waals surface area contributed by atoms with Crippen LogP contribution in [0.25, 0.3) is 0 Å². The van der Waals surface area contributed by atoms with Crippen molar-refractivity contribution in [1.82, 2.24) is 4.98 Å². The van der Waals surface area contributed by atoms with Gasteiger partial charge in [0.2, 0.25) is 0 Å². The molecule has 1 atom stereocenters. The van der Waals surface area contributed by atoms with Crippen LogP contribution in [0.4, 0.5) is 5.82 Å². The van der Waals surface area contributed by atoms with E-state index in [-0.39, 0.29) is 5.69 Å². The number of carbonyl (C=O) groups is 1. The van der Waals surface area contributed by atoms with Gasteiger partial charge >= 0.3 is 5.97 Å². The van der Waals surface area contributed by atoms with Crippen molar-refractivity contribution in [2.45, 2.75) is 18.9 Å². The predicted molar refractivity (Wildman–Crippen MR) is 81.0 cm³/mol. The van der Waals surface area contributed by atoms with Crippen LogP contribution in [0.5, 0.6) is 0 Å². The van der Waals surface area contributed by atoms with Crippen molar-refractivity contribution in [3.63, 3.8) is 0 Å². The Kier molecular flexibility index (Phi) is 3.65. The highest BCUT2D eigenvalue weighted by Gasteiger charge is 2.33. The maximum Gasteiger partial charge on any atom is 0.354 e. The quantitative estimate of drug-likeness (QED) is 0.909. The number of carboxylic acid groups (broad SMARTS) is 1. The number of aromatic nitrogens is 1. The minimum Gasteiger partial charge on any atom is -0.477 e. The molecule has 1 aliphatic heterocycles. The molecule has 0 bridgehead atoms. The minimum atomic E-state index is -1.03. The van der Waals surface area contributed by atoms with E-state index >= 15 is 0 Å². The highest BCUT2D eigenvalue weighted by Crippen LogP contribution is 2.36. The second kappa shape index (κ2) is 5.46. The van der Waals surface area contributed by atoms with Crippen LogP contribution in [0, 0.1) is 0 Å². The molecule has 110 valence electrons. The van der Waals surface area contributed by atoms with Crippen LogP contribution in [0.3, 0.4) is 0 Å². The molecule has 0 radical (unpaired) electrons. The van der Waals surface area contributed by atoms with Gasteiger partial charge in [0.25, 0.3) is 0 Å². The van der Waals surface area contributed by atoms with Crippen molar-refractivity contribution < 1.29 is 14.6 Å². The first-order valence-electron chi connectivity index (χ1n) is 6.73. The number of thiophene rings is 1. The molecular weight excluding hydrogens is 288 g/mol. The monoisotopic (exact) mass is 304 g/mol. The van der Waals surface area contributed by atoms with E-state index in [4.69, 9.17) is 9.84 Å². The minimum absolute atomic E-state index is 0.0333. The molecule has 6 heteroatoms. The van der Waals surface area contributed by atoms with Crippen LogP contribution in [-0.4, -0.2) is 29.2 Å². The number of nitrogens with zero attached hydrogens (tertiary/aromatic N) is 1. The average Bonchev–Trinajstić information content (AvgIpc) is 2.96. The van der Waals surface area contributed by atoms with E-state index in [9.17, 15) is 4.79 Å². The molecule has 1 unspecified atom stereocenters. The maximum atomic E-state index is 10.9. The molecule has 3 rings (SSSR count). The van der Waals surface area contributed by atoms with E-state index in [1.807, 2.05) is 6.92 Å². The first-order chi connectivity index (χ1) is 10.1. The predicted octanol–water partition coefficient (Wildman–Crippen LogP) is 2.74. The van der Waals surface area contributed by atoms with Crippen LogP contribution in [0.2, 0.25) is 0 Å². The lowest BCUT2D eigenvalue weighted by molar-refractivity contribution is -0.0348. The third-order valence-electron chi connectivity index (χ3n) is 3.64. The molecule has 2 N–H and O–H groups in total. The molecule has 0 saturated carbocycles. The van der Waals surface area contributed by atoms with E-state index in [1.165, 1.54) is 16.5 Å². The molecule has 1 aliphatic rings. The highest BCUT2D eigenvalue weighted by atomic mass is 32.1. The van der Waals surface area contributed by atoms with Crippen molar-refractivity contribution >= 4 is 23.1 Å². The molecular formula is C15H16N2O3S. The van der Waals surface area contributed by atoms with Gasteiger partial charge in [-0.2, -0.15) is 0 Å². The van der Waals surface area contributed by atoms with Gasteiger partial charge in [0.1, 0.15) is 11.4 Å². The molecule has 0 spiro atoms. The third-order valence-corrected chi connectivity index (χ3v) is 4.62. The lowest BCUT2D eigenvalue weighted by atomic mass is 9.93. The molecule has 2 aromatic heterocycles. The van der Waals surface area contributed by atoms with Crippen LogP contribution >= 0.6 is 11.3 Å². The van der Waals surface area contributed by atoms with Crippen molar-refractivity contribution in [2.24, 2.45) is 0 Å². The number of hydrogen-bond acceptors (Lipinski definition) is 5. The molecule has 5 nitrogen and oxygen atoms in total. The lowest BCUT2D eigenvalue weighted by Crippen LogP contribution is -2.38. The Morgan fingerprint density at radius 3 is 3.19 bits per heavy atom. The number of aromatic carboxylic acids is 1. The number of rotatable bonds is 4. The van der Waals surface area contributed by atoms with Gasteiger partial charge in [-0.05, 0) is 36.1 Å². The molecule has 0 saturated heterocycles. The number of hydrogen-bond donors (Lipinski definition) is 2. The number of carboxylic acids is 1. The summed E-state index contributed by atoms with van der Waals surface area (Å²) in [6, 6.07) is 7.01. The lowest BCUT2D eigenvalue weighted by Gasteiger charge is -2.34. The summed E-state index contributed by atoms with van der Waals surface area (Å²) < 4.78 is 5.95. The Morgan fingerprint density at radius 1 is 1.52 bits per heavy atom. The largest absolute Gasteiger partial charge is 0.477 e. The van der Waals surface area contributed by atoms with Gasteiger partial charge in [0.15, 0.2) is 5.69 Å². The van der Waals surface area contributed by atoms with Gasteiger partial charge < -0.3 is 15.2 Å². The summed E-state index contributed by atoms with van der Waals surface area (Å²) in [6.07, 6.45) is 0.954. The molecule has 21 heavy (non-hydrogen) atoms. The van der Waals surface area contributed by atoms with E-state index in [2.05, 4.69) is 21.7 Å². The summed E-state index contributed by atoms with van der Waals surface area (Å²) in [7, 11) is 0. The topological polar surface area (TPSA) is 71.5 Å². The summed E-state index contributed by atoms with van der Waals surface area (Å²) in [6.45, 7) is 3.30. The number of anilines is 1. The van der Waals surface area contributed by atoms with E-state index in [0.29, 0.717) is 19.0 Å². The smallest absolute Gasteiger partial charge is 0.354 e. The summed E-state index contributed by atoms with van der Waals surface area (Å²) in [5, 5.41) is 14.2. The fourth-order valence-electron chi connectivity index (χ4n) is 2.51. The second-order valence-corrected chi connectivity index (χ2v) is 6.15. The first-order valence-corrected chi connectivity index (χ1v) is 7.61. The summed E-state index contributed by atoms with van der Waals surface area (Å²) in [5.74, 6) is -0.485. The Labute approximate surface area is 126 Å². The first kappa shape index (κ1) is 14.0. The summed E-state index contributed by atoms with van der Waals surface area (Å²) in [4.78, 5) is 16.4. The molecule has 0 fully saturated rings. The normalized spacial score (nSPS) is 20.8. The van der Waals surface area contributed by atoms with Gasteiger partial charge in [0, 0.05) is 17.8 Å². The van der Waals surface area contributed by atoms with Crippen LogP contribution in [-0.2, 0) is 16.8 Å². The maximum absolute atomic E-state index is 10.9. The zero-order valence-corrected chi connectivity index (χ0v) is 12.4. The van der Waals surface area contributed by atoms with Gasteiger partial charge in [0.05, 0.1) is 6.61 Å². The summed E-state index contributed by atoms with van der Waals surface area (Å²) in [5.41, 5.74) is 0.834. The van der Waals surface area contributed by atoms with E-state index in [1.54, 1.807) is 23.5 Å². The molecule has 3 heterocycles. The zero-order chi connectivity index (χ0) is 14.9. The zero-order valence-electron chi connectivity index (χ0n) is 11.6. The molecule has 2 aromatic rings. The van der Waals surface area contributed by atoms with Crippen LogP contribution in [0.1, 0.15) is 27.9 Å². The summed E-state index contributed by atoms with van der Waals surface area (Å²) >= 11 is 1.75. The molecule has 0 aromatic carbocycles. The van der Waals surface area contributed by atoms with Gasteiger partial charge in [-0.25, -0.2) is 9.78 Å². The average molecular weight is 304 g/mol. The van der Waals surface area contributed by atoms with Crippen LogP contribution < -0.4 is 5.32 Å². The number of fused-ring (bicyclic) bond motifs is 1. The Balaban J connectivity index is 1.76. The number of ether oxygens (including phenoxy) is 1. The highest BCUT2D eigenvalue weighted by molar-refractivity contribution is 7.10. The van der Waals surface area contributed by atoms with Gasteiger partial charge in [-0.3, -0.25) is 0 Å². The standard InChI is InChI=1S/C15H16N2O3S/c1-15(10-6-8-21-12(10)5-7-20-15)9-16-13-4-2-3-11(17-13)14(18)19/h2-4,6,8H,5,7,9H2,1H3,(H,16,17)(H,18,19). The number of nitrogens with one attached hydrogen (secondary N) is 1. The van der Waals surface area contributed by atoms with E-state index < -0.39 is 11.6 Å². The van der Waals surface area contributed by atoms with Crippen molar-refractivity contribution in [2.75, 3.05) is 18.5 Å². The molecule has 0 amide bonds. The van der Waals surface area contributed by atoms with Crippen molar-refractivity contribution in [1.29, 1.82) is 0 Å². The number of pyridine rings is 1.